The number of β-lactam (4-membered cyclic amide) rings is 1. The molecule has 0 unspecified atom stereocenters. The van der Waals surface area contributed by atoms with Crippen LogP contribution in [-0.4, -0.2) is 128 Å². The van der Waals surface area contributed by atoms with Crippen molar-refractivity contribution >= 4 is 97.8 Å². The normalized spacial score (nSPS) is 19.7. The Labute approximate surface area is 333 Å². The number of aromatic hydroxyl groups is 2. The number of phenolic OH excluding ortho intramolecular Hbond substituents is 2. The molecule has 3 aromatic rings. The summed E-state index contributed by atoms with van der Waals surface area (Å²) in [5, 5.41) is 58.5. The number of nitrogens with one attached hydrogen (secondary N) is 1. The van der Waals surface area contributed by atoms with E-state index in [1.807, 2.05) is 0 Å². The summed E-state index contributed by atoms with van der Waals surface area (Å²) in [6.45, 7) is 3.40. The number of thiazole rings is 1. The van der Waals surface area contributed by atoms with Crippen LogP contribution in [0.1, 0.15) is 37.6 Å². The molecular formula is C32H33Cl2N8O12S2+. The fourth-order valence-corrected chi connectivity index (χ4v) is 9.53. The van der Waals surface area contributed by atoms with Crippen molar-refractivity contribution in [1.82, 2.24) is 25.0 Å². The van der Waals surface area contributed by atoms with Crippen LogP contribution in [-0.2, 0) is 41.9 Å². The summed E-state index contributed by atoms with van der Waals surface area (Å²) in [5.41, 5.74) is 4.61. The molecule has 0 radical (unpaired) electrons. The molecule has 0 aliphatic carbocycles. The Morgan fingerprint density at radius 2 is 1.84 bits per heavy atom. The molecule has 2 aromatic heterocycles. The average molecular weight is 857 g/mol. The number of hydrogen-bond donors (Lipinski definition) is 7. The zero-order valence-electron chi connectivity index (χ0n) is 29.1. The number of phenols is 2. The smallest absolute Gasteiger partial charge is 0.352 e. The molecule has 6 rings (SSSR count). The number of aliphatic carboxylic acids is 3. The monoisotopic (exact) mass is 855 g/mol. The van der Waals surface area contributed by atoms with Crippen LogP contribution in [0.25, 0.3) is 10.9 Å². The van der Waals surface area contributed by atoms with Crippen LogP contribution >= 0.6 is 46.3 Å². The van der Waals surface area contributed by atoms with Gasteiger partial charge in [-0.1, -0.05) is 39.7 Å². The fraction of sp³-hybridized carbons (Fsp3) is 0.406. The number of likely N-dealkylation sites (tertiary alicyclic amines) is 1. The highest BCUT2D eigenvalue weighted by Crippen LogP contribution is 2.42. The van der Waals surface area contributed by atoms with E-state index in [0.717, 1.165) is 29.1 Å². The van der Waals surface area contributed by atoms with E-state index in [4.69, 9.17) is 38.9 Å². The number of oxime groups is 1. The van der Waals surface area contributed by atoms with Crippen molar-refractivity contribution in [2.75, 3.05) is 31.1 Å². The van der Waals surface area contributed by atoms with Crippen LogP contribution in [0.2, 0.25) is 9.36 Å². The largest absolute Gasteiger partial charge is 0.504 e. The number of nitrogens with two attached hydrogens (primary N) is 1. The first-order chi connectivity index (χ1) is 26.5. The van der Waals surface area contributed by atoms with Gasteiger partial charge in [0, 0.05) is 36.8 Å². The molecule has 0 saturated carbocycles. The summed E-state index contributed by atoms with van der Waals surface area (Å²) >= 11 is 14.5. The summed E-state index contributed by atoms with van der Waals surface area (Å²) in [4.78, 5) is 86.4. The second kappa shape index (κ2) is 15.8. The van der Waals surface area contributed by atoms with E-state index < -0.39 is 76.3 Å². The van der Waals surface area contributed by atoms with Crippen LogP contribution in [0.5, 0.6) is 11.5 Å². The van der Waals surface area contributed by atoms with Gasteiger partial charge in [0.1, 0.15) is 40.2 Å². The van der Waals surface area contributed by atoms with Crippen molar-refractivity contribution < 1.29 is 58.8 Å². The zero-order valence-corrected chi connectivity index (χ0v) is 32.2. The summed E-state index contributed by atoms with van der Waals surface area (Å²) in [6, 6.07) is -0.0806. The summed E-state index contributed by atoms with van der Waals surface area (Å²) in [5.74, 6) is -7.54. The van der Waals surface area contributed by atoms with Gasteiger partial charge in [0.05, 0.1) is 35.4 Å². The molecule has 2 amide bonds. The number of nitrogens with zero attached hydrogens (tertiary/aromatic N) is 6. The first kappa shape index (κ1) is 40.5. The number of hydrogen-bond acceptors (Lipinski definition) is 15. The van der Waals surface area contributed by atoms with Crippen molar-refractivity contribution in [3.63, 3.8) is 0 Å². The maximum atomic E-state index is 13.8. The van der Waals surface area contributed by atoms with Gasteiger partial charge in [-0.15, -0.1) is 11.8 Å². The highest BCUT2D eigenvalue weighted by atomic mass is 35.5. The number of carboxylic acids is 3. The highest BCUT2D eigenvalue weighted by molar-refractivity contribution is 8.00. The Morgan fingerprint density at radius 1 is 1.14 bits per heavy atom. The number of anilines is 1. The van der Waals surface area contributed by atoms with Gasteiger partial charge in [0.25, 0.3) is 11.8 Å². The lowest BCUT2D eigenvalue weighted by Crippen LogP contribution is -2.71. The van der Waals surface area contributed by atoms with Crippen LogP contribution in [0.15, 0.2) is 27.3 Å². The van der Waals surface area contributed by atoms with E-state index >= 15 is 0 Å². The van der Waals surface area contributed by atoms with Gasteiger partial charge in [0.15, 0.2) is 28.0 Å². The fourth-order valence-electron chi connectivity index (χ4n) is 6.98. The molecule has 2 fully saturated rings. The Morgan fingerprint density at radius 3 is 2.43 bits per heavy atom. The second-order valence-corrected chi connectivity index (χ2v) is 16.2. The SMILES string of the molecule is CCn1nc(C[N+]2(CC3=C(C(=O)O)N4C(=O)[C@@H](NC(=O)/C(=N\O[C@@H](CC(=O)O)C(=O)O)c5nc(N)sc5Cl)[C@H]4SC3)CCCC2)c(=O)c2c(Cl)c(O)c(O)cc21. The number of thioether (sulfide) groups is 1. The molecular weight excluding hydrogens is 823 g/mol. The van der Waals surface area contributed by atoms with E-state index in [9.17, 15) is 49.2 Å². The number of aryl methyl sites for hydroxylation is 1. The molecule has 8 N–H and O–H groups in total. The number of carbonyl (C=O) groups excluding carboxylic acids is 2. The van der Waals surface area contributed by atoms with Crippen LogP contribution in [0, 0.1) is 0 Å². The number of benzene rings is 1. The third-order valence-corrected chi connectivity index (χ3v) is 12.3. The molecule has 56 heavy (non-hydrogen) atoms. The van der Waals surface area contributed by atoms with Gasteiger partial charge in [-0.2, -0.15) is 5.10 Å². The second-order valence-electron chi connectivity index (χ2n) is 13.1. The lowest BCUT2D eigenvalue weighted by Gasteiger charge is -2.50. The maximum absolute atomic E-state index is 13.8. The van der Waals surface area contributed by atoms with Gasteiger partial charge in [0.2, 0.25) is 11.5 Å². The van der Waals surface area contributed by atoms with Crippen LogP contribution < -0.4 is 16.5 Å². The van der Waals surface area contributed by atoms with Crippen molar-refractivity contribution in [2.24, 2.45) is 5.16 Å². The van der Waals surface area contributed by atoms with Gasteiger partial charge < -0.3 is 45.9 Å². The van der Waals surface area contributed by atoms with Gasteiger partial charge >= 0.3 is 17.9 Å². The predicted molar refractivity (Wildman–Crippen MR) is 200 cm³/mol. The molecule has 3 aliphatic heterocycles. The Balaban J connectivity index is 1.27. The topological polar surface area (TPSA) is 297 Å². The number of carboxylic acid groups (broad SMARTS) is 3. The molecule has 0 spiro atoms. The number of quaternary nitrogens is 1. The summed E-state index contributed by atoms with van der Waals surface area (Å²) < 4.78 is 1.57. The van der Waals surface area contributed by atoms with Gasteiger partial charge in [-0.25, -0.2) is 14.6 Å². The minimum Gasteiger partial charge on any atom is -0.504 e. The lowest BCUT2D eigenvalue weighted by molar-refractivity contribution is -0.925. The van der Waals surface area contributed by atoms with E-state index in [-0.39, 0.29) is 65.8 Å². The third-order valence-electron chi connectivity index (χ3n) is 9.52. The average Bonchev–Trinajstić information content (AvgIpc) is 3.74. The maximum Gasteiger partial charge on any atom is 0.352 e. The first-order valence-electron chi connectivity index (χ1n) is 16.8. The molecule has 1 aromatic carbocycles. The number of amides is 2. The molecule has 5 heterocycles. The van der Waals surface area contributed by atoms with Crippen molar-refractivity contribution in [1.29, 1.82) is 0 Å². The molecule has 298 valence electrons. The van der Waals surface area contributed by atoms with E-state index in [1.54, 1.807) is 6.92 Å². The van der Waals surface area contributed by atoms with Crippen molar-refractivity contribution in [3.05, 3.63) is 48.3 Å². The quantitative estimate of drug-likeness (QED) is 0.0396. The number of carbonyl (C=O) groups is 5. The number of halogens is 2. The summed E-state index contributed by atoms with van der Waals surface area (Å²) in [7, 11) is 0. The van der Waals surface area contributed by atoms with E-state index in [0.29, 0.717) is 25.2 Å². The molecule has 0 bridgehead atoms. The van der Waals surface area contributed by atoms with Gasteiger partial charge in [-0.05, 0) is 6.92 Å². The number of nitrogen functional groups attached to an aromatic ring is 1. The Kier molecular flexibility index (Phi) is 11.4. The van der Waals surface area contributed by atoms with E-state index in [2.05, 4.69) is 20.6 Å². The number of aromatic nitrogens is 3. The molecule has 3 atom stereocenters. The zero-order chi connectivity index (χ0) is 40.8. The highest BCUT2D eigenvalue weighted by Gasteiger charge is 2.55. The van der Waals surface area contributed by atoms with Crippen LogP contribution in [0.3, 0.4) is 0 Å². The Hall–Kier alpha value is -5.16. The van der Waals surface area contributed by atoms with E-state index in [1.165, 1.54) is 22.5 Å². The minimum absolute atomic E-state index is 0.0193. The predicted octanol–water partition coefficient (Wildman–Crippen LogP) is 1.37. The van der Waals surface area contributed by atoms with Crippen LogP contribution in [0.4, 0.5) is 5.13 Å². The standard InChI is InChI=1S/C32H32Cl2N8O12S2/c1-2-40-14-7-15(43)25(47)19(33)18(14)24(46)13(38-40)10-42(5-3-4-6-42)9-12-11-55-29-22(28(49)41(29)23(12)31(52)53)36-27(48)21(20-26(34)56-32(35)37-20)39-54-16(30(50)51)8-17(44)45/h7,16,22,29H,2-6,8-11H2,1H3,(H7-,35,36,37,38,39,43,44,45,46,47,48,50,51,52,53)/p+1/t16-,22+,29+/m0/s1. The first-order valence-corrected chi connectivity index (χ1v) is 19.4. The Bertz CT molecular complexity index is 2310. The molecule has 24 heteroatoms. The molecule has 3 aliphatic rings. The summed E-state index contributed by atoms with van der Waals surface area (Å²) in [6.07, 6.45) is -1.49. The number of fused-ring (bicyclic) bond motifs is 2. The third kappa shape index (κ3) is 7.53. The minimum atomic E-state index is -2.01. The van der Waals surface area contributed by atoms with Crippen molar-refractivity contribution in [3.8, 4) is 11.5 Å². The number of rotatable bonds is 14. The lowest BCUT2D eigenvalue weighted by atomic mass is 10.0. The molecule has 20 nitrogen and oxygen atoms in total. The van der Waals surface area contributed by atoms with Gasteiger partial charge in [-0.3, -0.25) is 28.8 Å². The van der Waals surface area contributed by atoms with Crippen molar-refractivity contribution in [2.45, 2.75) is 56.8 Å². The molecule has 2 saturated heterocycles.